The molecule has 0 saturated carbocycles. The first-order valence-electron chi connectivity index (χ1n) is 9.46. The van der Waals surface area contributed by atoms with E-state index in [1.165, 1.54) is 18.4 Å². The van der Waals surface area contributed by atoms with Gasteiger partial charge in [0.15, 0.2) is 10.8 Å². The van der Waals surface area contributed by atoms with Crippen molar-refractivity contribution in [3.63, 3.8) is 0 Å². The van der Waals surface area contributed by atoms with Gasteiger partial charge in [0, 0.05) is 17.0 Å². The largest absolute Gasteiger partial charge is 0.496 e. The Labute approximate surface area is 186 Å². The summed E-state index contributed by atoms with van der Waals surface area (Å²) in [7, 11) is 1.44. The van der Waals surface area contributed by atoms with Crippen LogP contribution in [0.3, 0.4) is 0 Å². The van der Waals surface area contributed by atoms with Gasteiger partial charge in [0.05, 0.1) is 20.0 Å². The molecule has 11 heteroatoms. The van der Waals surface area contributed by atoms with Crippen LogP contribution in [-0.4, -0.2) is 68.8 Å². The first-order chi connectivity index (χ1) is 14.9. The van der Waals surface area contributed by atoms with Crippen LogP contribution in [0, 0.1) is 0 Å². The molecule has 4 N–H and O–H groups in total. The van der Waals surface area contributed by atoms with E-state index >= 15 is 0 Å². The Morgan fingerprint density at radius 1 is 1.16 bits per heavy atom. The van der Waals surface area contributed by atoms with Crippen molar-refractivity contribution in [2.75, 3.05) is 13.7 Å². The molecule has 0 amide bonds. The van der Waals surface area contributed by atoms with Crippen molar-refractivity contribution in [1.82, 2.24) is 10.2 Å². The van der Waals surface area contributed by atoms with E-state index < -0.39 is 37.1 Å². The van der Waals surface area contributed by atoms with Gasteiger partial charge in [-0.2, -0.15) is 0 Å². The van der Waals surface area contributed by atoms with Crippen LogP contribution in [0.2, 0.25) is 5.02 Å². The summed E-state index contributed by atoms with van der Waals surface area (Å²) in [6, 6.07) is 6.84. The molecule has 9 nitrogen and oxygen atoms in total. The number of hydrogen-bond acceptors (Lipinski definition) is 10. The van der Waals surface area contributed by atoms with E-state index in [1.807, 2.05) is 0 Å². The number of aromatic nitrogens is 2. The Hall–Kier alpha value is -2.05. The lowest BCUT2D eigenvalue weighted by Crippen LogP contribution is -2.55. The van der Waals surface area contributed by atoms with E-state index in [1.54, 1.807) is 30.5 Å². The first kappa shape index (κ1) is 22.2. The topological polar surface area (TPSA) is 138 Å². The van der Waals surface area contributed by atoms with Gasteiger partial charge >= 0.3 is 0 Å². The van der Waals surface area contributed by atoms with E-state index in [0.29, 0.717) is 44.1 Å². The van der Waals surface area contributed by atoms with Crippen molar-refractivity contribution < 1.29 is 34.3 Å². The van der Waals surface area contributed by atoms with Crippen molar-refractivity contribution >= 4 is 22.9 Å². The number of methoxy groups -OCH3 is 1. The second-order valence-corrected chi connectivity index (χ2v) is 8.56. The smallest absolute Gasteiger partial charge is 0.183 e. The third-order valence-corrected chi connectivity index (χ3v) is 6.43. The predicted octanol–water partition coefficient (Wildman–Crippen LogP) is 1.57. The Morgan fingerprint density at radius 2 is 1.97 bits per heavy atom. The van der Waals surface area contributed by atoms with Crippen LogP contribution in [0.5, 0.6) is 5.75 Å². The van der Waals surface area contributed by atoms with Gasteiger partial charge in [0.25, 0.3) is 0 Å². The molecule has 5 atom stereocenters. The van der Waals surface area contributed by atoms with Crippen molar-refractivity contribution in [3.8, 4) is 16.5 Å². The molecule has 0 radical (unpaired) electrons. The lowest BCUT2D eigenvalue weighted by Gasteiger charge is -2.40. The molecule has 3 aromatic rings. The number of ether oxygens (including phenoxy) is 2. The average molecular weight is 469 g/mol. The van der Waals surface area contributed by atoms with Crippen LogP contribution in [0.15, 0.2) is 34.9 Å². The number of aliphatic hydroxyl groups is 4. The van der Waals surface area contributed by atoms with E-state index in [-0.39, 0.29) is 0 Å². The number of halogens is 1. The molecule has 1 fully saturated rings. The zero-order valence-electron chi connectivity index (χ0n) is 16.4. The average Bonchev–Trinajstić information content (AvgIpc) is 3.46. The maximum atomic E-state index is 10.5. The summed E-state index contributed by atoms with van der Waals surface area (Å²) in [6.07, 6.45) is -4.56. The minimum atomic E-state index is -1.50. The number of rotatable bonds is 6. The Balaban J connectivity index is 1.66. The fourth-order valence-corrected chi connectivity index (χ4v) is 4.55. The molecule has 3 heterocycles. The number of aliphatic hydroxyl groups excluding tert-OH is 4. The SMILES string of the molecule is COc1cc(Cl)c(Cc2nnc(-c3ccco3)s2)cc1[C@@H]1O[C@H](CO)[C@@H](O)[C@H](O)[C@H]1O. The van der Waals surface area contributed by atoms with E-state index in [4.69, 9.17) is 25.5 Å². The first-order valence-corrected chi connectivity index (χ1v) is 10.7. The summed E-state index contributed by atoms with van der Waals surface area (Å²) in [5.41, 5.74) is 1.10. The molecule has 31 heavy (non-hydrogen) atoms. The molecule has 1 saturated heterocycles. The maximum absolute atomic E-state index is 10.5. The van der Waals surface area contributed by atoms with Crippen molar-refractivity contribution in [2.24, 2.45) is 0 Å². The van der Waals surface area contributed by atoms with Gasteiger partial charge in [-0.05, 0) is 29.8 Å². The van der Waals surface area contributed by atoms with Gasteiger partial charge in [0.2, 0.25) is 0 Å². The van der Waals surface area contributed by atoms with Crippen LogP contribution in [0.1, 0.15) is 22.2 Å². The highest BCUT2D eigenvalue weighted by molar-refractivity contribution is 7.14. The molecule has 0 bridgehead atoms. The second-order valence-electron chi connectivity index (χ2n) is 7.09. The molecule has 1 aliphatic rings. The van der Waals surface area contributed by atoms with Gasteiger partial charge < -0.3 is 34.3 Å². The zero-order chi connectivity index (χ0) is 22.1. The van der Waals surface area contributed by atoms with Gasteiger partial charge in [0.1, 0.15) is 41.3 Å². The lowest BCUT2D eigenvalue weighted by atomic mass is 9.90. The zero-order valence-corrected chi connectivity index (χ0v) is 18.0. The number of hydrogen-bond donors (Lipinski definition) is 4. The van der Waals surface area contributed by atoms with Gasteiger partial charge in [-0.3, -0.25) is 0 Å². The molecule has 1 aromatic carbocycles. The fraction of sp³-hybridized carbons (Fsp3) is 0.400. The van der Waals surface area contributed by atoms with Crippen LogP contribution >= 0.6 is 22.9 Å². The number of furan rings is 1. The molecular formula is C20H21ClN2O7S. The van der Waals surface area contributed by atoms with Crippen LogP contribution in [0.25, 0.3) is 10.8 Å². The Morgan fingerprint density at radius 3 is 2.65 bits per heavy atom. The van der Waals surface area contributed by atoms with Crippen molar-refractivity contribution in [3.05, 3.63) is 51.7 Å². The summed E-state index contributed by atoms with van der Waals surface area (Å²) in [6.45, 7) is -0.523. The molecular weight excluding hydrogens is 448 g/mol. The summed E-state index contributed by atoms with van der Waals surface area (Å²) >= 11 is 7.80. The van der Waals surface area contributed by atoms with Crippen molar-refractivity contribution in [2.45, 2.75) is 36.9 Å². The predicted molar refractivity (Wildman–Crippen MR) is 111 cm³/mol. The molecule has 0 spiro atoms. The summed E-state index contributed by atoms with van der Waals surface area (Å²) in [4.78, 5) is 0. The Bertz CT molecular complexity index is 1030. The van der Waals surface area contributed by atoms with E-state index in [9.17, 15) is 20.4 Å². The minimum Gasteiger partial charge on any atom is -0.496 e. The van der Waals surface area contributed by atoms with Crippen LogP contribution < -0.4 is 4.74 Å². The molecule has 166 valence electrons. The molecule has 0 unspecified atom stereocenters. The third kappa shape index (κ3) is 4.33. The molecule has 1 aliphatic heterocycles. The quantitative estimate of drug-likeness (QED) is 0.424. The highest BCUT2D eigenvalue weighted by atomic mass is 35.5. The fourth-order valence-electron chi connectivity index (χ4n) is 3.50. The molecule has 2 aromatic heterocycles. The van der Waals surface area contributed by atoms with E-state index in [0.717, 1.165) is 0 Å². The minimum absolute atomic E-state index is 0.339. The highest BCUT2D eigenvalue weighted by Crippen LogP contribution is 2.40. The summed E-state index contributed by atoms with van der Waals surface area (Å²) < 4.78 is 16.4. The standard InChI is InChI=1S/C20H21ClN2O7S/c1-28-13-7-11(21)9(6-15-22-23-20(31-15)12-3-2-4-29-12)5-10(13)19-18(27)17(26)16(25)14(8-24)30-19/h2-5,7,14,16-19,24-27H,6,8H2,1H3/t14-,16-,17+,18-,19+/m1/s1. The summed E-state index contributed by atoms with van der Waals surface area (Å²) in [5, 5.41) is 50.3. The highest BCUT2D eigenvalue weighted by Gasteiger charge is 2.45. The molecule has 4 rings (SSSR count). The molecule has 0 aliphatic carbocycles. The van der Waals surface area contributed by atoms with E-state index in [2.05, 4.69) is 10.2 Å². The monoisotopic (exact) mass is 468 g/mol. The van der Waals surface area contributed by atoms with Gasteiger partial charge in [-0.15, -0.1) is 10.2 Å². The second kappa shape index (κ2) is 9.21. The normalized spacial score (nSPS) is 26.2. The van der Waals surface area contributed by atoms with Gasteiger partial charge in [-0.1, -0.05) is 22.9 Å². The van der Waals surface area contributed by atoms with Gasteiger partial charge in [-0.25, -0.2) is 0 Å². The Kier molecular flexibility index (Phi) is 6.58. The van der Waals surface area contributed by atoms with Crippen molar-refractivity contribution in [1.29, 1.82) is 0 Å². The number of benzene rings is 1. The van der Waals surface area contributed by atoms with Crippen LogP contribution in [-0.2, 0) is 11.2 Å². The summed E-state index contributed by atoms with van der Waals surface area (Å²) in [5.74, 6) is 0.957. The lowest BCUT2D eigenvalue weighted by molar-refractivity contribution is -0.232. The van der Waals surface area contributed by atoms with Crippen LogP contribution in [0.4, 0.5) is 0 Å². The number of nitrogens with zero attached hydrogens (tertiary/aromatic N) is 2. The third-order valence-electron chi connectivity index (χ3n) is 5.14. The maximum Gasteiger partial charge on any atom is 0.183 e.